The third kappa shape index (κ3) is 3.25. The summed E-state index contributed by atoms with van der Waals surface area (Å²) in [6.07, 6.45) is 1.87. The molecular formula is C15H24N2O. The highest BCUT2D eigenvalue weighted by Gasteiger charge is 2.22. The van der Waals surface area contributed by atoms with Crippen LogP contribution in [0.1, 0.15) is 49.5 Å². The molecule has 0 aliphatic rings. The molecule has 0 fully saturated rings. The van der Waals surface area contributed by atoms with E-state index in [0.29, 0.717) is 0 Å². The normalized spacial score (nSPS) is 11.2. The van der Waals surface area contributed by atoms with Gasteiger partial charge in [0.1, 0.15) is 0 Å². The van der Waals surface area contributed by atoms with Crippen molar-refractivity contribution in [3.63, 3.8) is 0 Å². The number of hydrogen-bond donors (Lipinski definition) is 2. The Hall–Kier alpha value is -1.51. The SMILES string of the molecule is CCC(C)(CC)NC(=O)c1ccc(NC)c(C)c1. The molecule has 2 N–H and O–H groups in total. The average molecular weight is 248 g/mol. The first-order chi connectivity index (χ1) is 8.45. The first-order valence-corrected chi connectivity index (χ1v) is 6.56. The van der Waals surface area contributed by atoms with Crippen LogP contribution in [0, 0.1) is 6.92 Å². The van der Waals surface area contributed by atoms with E-state index in [2.05, 4.69) is 31.4 Å². The van der Waals surface area contributed by atoms with Crippen molar-refractivity contribution < 1.29 is 4.79 Å². The largest absolute Gasteiger partial charge is 0.388 e. The van der Waals surface area contributed by atoms with Crippen molar-refractivity contribution in [2.24, 2.45) is 0 Å². The molecule has 0 saturated carbocycles. The van der Waals surface area contributed by atoms with Crippen LogP contribution >= 0.6 is 0 Å². The van der Waals surface area contributed by atoms with Gasteiger partial charge in [0.2, 0.25) is 0 Å². The monoisotopic (exact) mass is 248 g/mol. The Kier molecular flexibility index (Phi) is 4.76. The Morgan fingerprint density at radius 2 is 1.89 bits per heavy atom. The summed E-state index contributed by atoms with van der Waals surface area (Å²) in [4.78, 5) is 12.2. The van der Waals surface area contributed by atoms with Gasteiger partial charge in [0.05, 0.1) is 0 Å². The fourth-order valence-electron chi connectivity index (χ4n) is 1.86. The highest BCUT2D eigenvalue weighted by Crippen LogP contribution is 2.18. The number of benzene rings is 1. The maximum atomic E-state index is 12.2. The van der Waals surface area contributed by atoms with Gasteiger partial charge in [-0.2, -0.15) is 0 Å². The standard InChI is InChI=1S/C15H24N2O/c1-6-15(4,7-2)17-14(18)12-8-9-13(16-5)11(3)10-12/h8-10,16H,6-7H2,1-5H3,(H,17,18). The molecule has 0 spiro atoms. The summed E-state index contributed by atoms with van der Waals surface area (Å²) >= 11 is 0. The number of carbonyl (C=O) groups excluding carboxylic acids is 1. The smallest absolute Gasteiger partial charge is 0.251 e. The quantitative estimate of drug-likeness (QED) is 0.839. The molecule has 0 bridgehead atoms. The molecule has 0 unspecified atom stereocenters. The van der Waals surface area contributed by atoms with Crippen LogP contribution in [0.4, 0.5) is 5.69 Å². The Bertz CT molecular complexity index is 423. The topological polar surface area (TPSA) is 41.1 Å². The molecule has 100 valence electrons. The predicted octanol–water partition coefficient (Wildman–Crippen LogP) is 3.35. The lowest BCUT2D eigenvalue weighted by atomic mass is 9.95. The van der Waals surface area contributed by atoms with E-state index in [1.54, 1.807) is 0 Å². The van der Waals surface area contributed by atoms with Gasteiger partial charge in [-0.15, -0.1) is 0 Å². The van der Waals surface area contributed by atoms with Crippen molar-refractivity contribution in [3.8, 4) is 0 Å². The lowest BCUT2D eigenvalue weighted by Gasteiger charge is -2.28. The van der Waals surface area contributed by atoms with E-state index in [4.69, 9.17) is 0 Å². The van der Waals surface area contributed by atoms with E-state index >= 15 is 0 Å². The summed E-state index contributed by atoms with van der Waals surface area (Å²) < 4.78 is 0. The Balaban J connectivity index is 2.88. The maximum absolute atomic E-state index is 12.2. The third-order valence-corrected chi connectivity index (χ3v) is 3.73. The second-order valence-corrected chi connectivity index (χ2v) is 5.00. The molecule has 0 atom stereocenters. The van der Waals surface area contributed by atoms with Crippen molar-refractivity contribution in [2.45, 2.75) is 46.1 Å². The second kappa shape index (κ2) is 5.89. The molecule has 0 aliphatic heterocycles. The van der Waals surface area contributed by atoms with Crippen LogP contribution in [0.5, 0.6) is 0 Å². The van der Waals surface area contributed by atoms with Gasteiger partial charge >= 0.3 is 0 Å². The second-order valence-electron chi connectivity index (χ2n) is 5.00. The summed E-state index contributed by atoms with van der Waals surface area (Å²) in [5.74, 6) is 0.00644. The highest BCUT2D eigenvalue weighted by molar-refractivity contribution is 5.95. The highest BCUT2D eigenvalue weighted by atomic mass is 16.1. The van der Waals surface area contributed by atoms with Crippen LogP contribution in [0.2, 0.25) is 0 Å². The summed E-state index contributed by atoms with van der Waals surface area (Å²) in [5, 5.41) is 6.21. The Labute approximate surface area is 110 Å². The first kappa shape index (κ1) is 14.6. The van der Waals surface area contributed by atoms with Crippen LogP contribution in [-0.4, -0.2) is 18.5 Å². The van der Waals surface area contributed by atoms with Crippen LogP contribution in [0.25, 0.3) is 0 Å². The fraction of sp³-hybridized carbons (Fsp3) is 0.533. The van der Waals surface area contributed by atoms with Crippen LogP contribution in [-0.2, 0) is 0 Å². The molecule has 0 aliphatic carbocycles. The van der Waals surface area contributed by atoms with Gasteiger partial charge in [0, 0.05) is 23.8 Å². The lowest BCUT2D eigenvalue weighted by molar-refractivity contribution is 0.0901. The van der Waals surface area contributed by atoms with Crippen LogP contribution in [0.3, 0.4) is 0 Å². The molecule has 3 heteroatoms. The number of hydrogen-bond acceptors (Lipinski definition) is 2. The van der Waals surface area contributed by atoms with Crippen molar-refractivity contribution in [1.29, 1.82) is 0 Å². The van der Waals surface area contributed by atoms with E-state index in [9.17, 15) is 4.79 Å². The summed E-state index contributed by atoms with van der Waals surface area (Å²) in [6, 6.07) is 5.73. The molecule has 1 amide bonds. The van der Waals surface area contributed by atoms with E-state index in [1.807, 2.05) is 32.2 Å². The number of rotatable bonds is 5. The number of anilines is 1. The molecule has 0 aromatic heterocycles. The fourth-order valence-corrected chi connectivity index (χ4v) is 1.86. The molecular weight excluding hydrogens is 224 g/mol. The molecule has 1 aromatic rings. The van der Waals surface area contributed by atoms with Gasteiger partial charge in [-0.25, -0.2) is 0 Å². The average Bonchev–Trinajstić information content (AvgIpc) is 2.38. The molecule has 0 saturated heterocycles. The van der Waals surface area contributed by atoms with Crippen molar-refractivity contribution in [1.82, 2.24) is 5.32 Å². The molecule has 0 radical (unpaired) electrons. The van der Waals surface area contributed by atoms with Crippen molar-refractivity contribution in [3.05, 3.63) is 29.3 Å². The maximum Gasteiger partial charge on any atom is 0.251 e. The Morgan fingerprint density at radius 1 is 1.28 bits per heavy atom. The van der Waals surface area contributed by atoms with Gasteiger partial charge in [-0.1, -0.05) is 13.8 Å². The first-order valence-electron chi connectivity index (χ1n) is 6.56. The lowest BCUT2D eigenvalue weighted by Crippen LogP contribution is -2.44. The number of amides is 1. The van der Waals surface area contributed by atoms with Gasteiger partial charge in [0.25, 0.3) is 5.91 Å². The number of aryl methyl sites for hydroxylation is 1. The van der Waals surface area contributed by atoms with Gasteiger partial charge in [-0.3, -0.25) is 4.79 Å². The van der Waals surface area contributed by atoms with Crippen LogP contribution in [0.15, 0.2) is 18.2 Å². The summed E-state index contributed by atoms with van der Waals surface area (Å²) in [7, 11) is 1.88. The minimum absolute atomic E-state index is 0.00644. The number of carbonyl (C=O) groups is 1. The third-order valence-electron chi connectivity index (χ3n) is 3.73. The number of nitrogens with one attached hydrogen (secondary N) is 2. The van der Waals surface area contributed by atoms with E-state index in [-0.39, 0.29) is 11.4 Å². The van der Waals surface area contributed by atoms with Gasteiger partial charge in [0.15, 0.2) is 0 Å². The Morgan fingerprint density at radius 3 is 2.33 bits per heavy atom. The molecule has 3 nitrogen and oxygen atoms in total. The molecule has 18 heavy (non-hydrogen) atoms. The summed E-state index contributed by atoms with van der Waals surface area (Å²) in [6.45, 7) is 8.28. The van der Waals surface area contributed by atoms with E-state index < -0.39 is 0 Å². The zero-order valence-electron chi connectivity index (χ0n) is 12.1. The molecule has 0 heterocycles. The van der Waals surface area contributed by atoms with Gasteiger partial charge in [-0.05, 0) is 50.5 Å². The predicted molar refractivity (Wildman–Crippen MR) is 77.2 cm³/mol. The zero-order chi connectivity index (χ0) is 13.8. The van der Waals surface area contributed by atoms with Gasteiger partial charge < -0.3 is 10.6 Å². The van der Waals surface area contributed by atoms with E-state index in [1.165, 1.54) is 0 Å². The summed E-state index contributed by atoms with van der Waals surface area (Å²) in [5.41, 5.74) is 2.74. The molecule has 1 aromatic carbocycles. The zero-order valence-corrected chi connectivity index (χ0v) is 12.1. The minimum Gasteiger partial charge on any atom is -0.388 e. The molecule has 1 rings (SSSR count). The van der Waals surface area contributed by atoms with Crippen LogP contribution < -0.4 is 10.6 Å². The minimum atomic E-state index is -0.118. The van der Waals surface area contributed by atoms with E-state index in [0.717, 1.165) is 29.7 Å². The van der Waals surface area contributed by atoms with Crippen molar-refractivity contribution >= 4 is 11.6 Å². The van der Waals surface area contributed by atoms with Crippen molar-refractivity contribution in [2.75, 3.05) is 12.4 Å².